The van der Waals surface area contributed by atoms with E-state index in [-0.39, 0.29) is 19.4 Å². The molecular formula is C42H79O8P. The van der Waals surface area contributed by atoms with Gasteiger partial charge in [0.15, 0.2) is 6.10 Å². The lowest BCUT2D eigenvalue weighted by Crippen LogP contribution is -2.29. The van der Waals surface area contributed by atoms with E-state index in [4.69, 9.17) is 19.3 Å². The molecular weight excluding hydrogens is 663 g/mol. The van der Waals surface area contributed by atoms with E-state index in [9.17, 15) is 14.2 Å². The predicted octanol–water partition coefficient (Wildman–Crippen LogP) is 12.8. The molecule has 0 spiro atoms. The molecule has 0 radical (unpaired) electrons. The van der Waals surface area contributed by atoms with E-state index < -0.39 is 32.5 Å². The zero-order valence-corrected chi connectivity index (χ0v) is 33.9. The van der Waals surface area contributed by atoms with Gasteiger partial charge in [-0.3, -0.25) is 14.1 Å². The standard InChI is InChI=1S/C42H79O8P/c1-3-5-7-9-11-13-15-17-19-21-23-25-27-29-31-33-35-37-42(44)50-40(39-49-51(45,46)47)38-48-41(43)36-34-32-30-28-26-24-22-20-18-16-14-12-10-8-6-4-2/h23,25,29,31,40H,3-22,24,26-28,30,32-39H2,1-2H3,(H2,45,46,47)/b25-23+,31-29+/t40-/m1/s1. The lowest BCUT2D eigenvalue weighted by atomic mass is 10.0. The Morgan fingerprint density at radius 2 is 0.902 bits per heavy atom. The first-order valence-electron chi connectivity index (χ1n) is 21.1. The van der Waals surface area contributed by atoms with E-state index in [2.05, 4.69) is 36.6 Å². The Bertz CT molecular complexity index is 884. The first-order chi connectivity index (χ1) is 24.8. The van der Waals surface area contributed by atoms with E-state index >= 15 is 0 Å². The van der Waals surface area contributed by atoms with Gasteiger partial charge in [0.2, 0.25) is 0 Å². The minimum Gasteiger partial charge on any atom is -0.462 e. The number of unbranched alkanes of at least 4 members (excludes halogenated alkanes) is 25. The summed E-state index contributed by atoms with van der Waals surface area (Å²) in [7, 11) is -4.76. The molecule has 0 aromatic heterocycles. The van der Waals surface area contributed by atoms with Crippen LogP contribution >= 0.6 is 7.82 Å². The van der Waals surface area contributed by atoms with Gasteiger partial charge in [0.05, 0.1) is 6.61 Å². The van der Waals surface area contributed by atoms with Gasteiger partial charge in [-0.2, -0.15) is 0 Å². The molecule has 0 aliphatic heterocycles. The third-order valence-corrected chi connectivity index (χ3v) is 9.71. The van der Waals surface area contributed by atoms with Gasteiger partial charge < -0.3 is 19.3 Å². The second kappa shape index (κ2) is 38.3. The molecule has 0 unspecified atom stereocenters. The summed E-state index contributed by atoms with van der Waals surface area (Å²) in [4.78, 5) is 42.8. The van der Waals surface area contributed by atoms with E-state index in [1.54, 1.807) is 0 Å². The molecule has 0 saturated carbocycles. The molecule has 2 N–H and O–H groups in total. The van der Waals surface area contributed by atoms with E-state index in [1.165, 1.54) is 141 Å². The molecule has 300 valence electrons. The van der Waals surface area contributed by atoms with Crippen LogP contribution in [0.3, 0.4) is 0 Å². The quantitative estimate of drug-likeness (QED) is 0.0276. The molecule has 0 fully saturated rings. The van der Waals surface area contributed by atoms with Crippen LogP contribution in [0.2, 0.25) is 0 Å². The van der Waals surface area contributed by atoms with Crippen molar-refractivity contribution in [1.29, 1.82) is 0 Å². The molecule has 0 aliphatic rings. The fraction of sp³-hybridized carbons (Fsp3) is 0.857. The highest BCUT2D eigenvalue weighted by atomic mass is 31.2. The van der Waals surface area contributed by atoms with Crippen molar-refractivity contribution in [1.82, 2.24) is 0 Å². The molecule has 0 bridgehead atoms. The molecule has 51 heavy (non-hydrogen) atoms. The highest BCUT2D eigenvalue weighted by molar-refractivity contribution is 7.46. The van der Waals surface area contributed by atoms with E-state index in [1.807, 2.05) is 6.08 Å². The zero-order chi connectivity index (χ0) is 37.5. The summed E-state index contributed by atoms with van der Waals surface area (Å²) in [6.07, 6.45) is 43.4. The van der Waals surface area contributed by atoms with Gasteiger partial charge in [0.25, 0.3) is 0 Å². The Labute approximate surface area is 313 Å². The molecule has 0 aliphatic carbocycles. The van der Waals surface area contributed by atoms with Crippen molar-refractivity contribution in [3.8, 4) is 0 Å². The topological polar surface area (TPSA) is 119 Å². The van der Waals surface area contributed by atoms with Crippen LogP contribution in [-0.4, -0.2) is 41.0 Å². The second-order valence-corrected chi connectivity index (χ2v) is 15.6. The van der Waals surface area contributed by atoms with Crippen molar-refractivity contribution in [3.63, 3.8) is 0 Å². The number of carbonyl (C=O) groups excluding carboxylic acids is 2. The van der Waals surface area contributed by atoms with Crippen LogP contribution in [0.15, 0.2) is 24.3 Å². The maximum absolute atomic E-state index is 12.4. The van der Waals surface area contributed by atoms with Crippen LogP contribution in [0, 0.1) is 0 Å². The molecule has 0 aromatic rings. The summed E-state index contributed by atoms with van der Waals surface area (Å²) >= 11 is 0. The summed E-state index contributed by atoms with van der Waals surface area (Å²) in [5.74, 6) is -0.928. The maximum Gasteiger partial charge on any atom is 0.469 e. The Morgan fingerprint density at radius 3 is 1.35 bits per heavy atom. The summed E-state index contributed by atoms with van der Waals surface area (Å²) in [5, 5.41) is 0. The normalized spacial score (nSPS) is 12.6. The maximum atomic E-state index is 12.4. The van der Waals surface area contributed by atoms with Crippen molar-refractivity contribution in [2.24, 2.45) is 0 Å². The SMILES string of the molecule is CCCCCCCCCCC/C=C/C/C=C/CCCC(=O)O[C@H](COC(=O)CCCCCCCCCCCCCCCCCC)COP(=O)(O)O. The summed E-state index contributed by atoms with van der Waals surface area (Å²) in [6, 6.07) is 0. The second-order valence-electron chi connectivity index (χ2n) is 14.3. The first kappa shape index (κ1) is 49.5. The fourth-order valence-electron chi connectivity index (χ4n) is 6.06. The number of carbonyl (C=O) groups is 2. The zero-order valence-electron chi connectivity index (χ0n) is 33.0. The number of esters is 2. The van der Waals surface area contributed by atoms with Crippen molar-refractivity contribution in [2.75, 3.05) is 13.2 Å². The summed E-state index contributed by atoms with van der Waals surface area (Å²) < 4.78 is 26.3. The molecule has 0 saturated heterocycles. The van der Waals surface area contributed by atoms with Crippen molar-refractivity contribution in [2.45, 2.75) is 219 Å². The number of hydrogen-bond donors (Lipinski definition) is 2. The fourth-order valence-corrected chi connectivity index (χ4v) is 6.42. The largest absolute Gasteiger partial charge is 0.469 e. The monoisotopic (exact) mass is 743 g/mol. The van der Waals surface area contributed by atoms with Crippen LogP contribution < -0.4 is 0 Å². The van der Waals surface area contributed by atoms with Gasteiger partial charge in [-0.25, -0.2) is 4.57 Å². The highest BCUT2D eigenvalue weighted by Gasteiger charge is 2.22. The molecule has 0 amide bonds. The van der Waals surface area contributed by atoms with Gasteiger partial charge in [0, 0.05) is 12.8 Å². The number of hydrogen-bond acceptors (Lipinski definition) is 6. The molecule has 9 heteroatoms. The van der Waals surface area contributed by atoms with Gasteiger partial charge >= 0.3 is 19.8 Å². The van der Waals surface area contributed by atoms with Gasteiger partial charge in [-0.15, -0.1) is 0 Å². The lowest BCUT2D eigenvalue weighted by molar-refractivity contribution is -0.161. The average Bonchev–Trinajstić information content (AvgIpc) is 3.10. The Balaban J connectivity index is 3.95. The molecule has 1 atom stereocenters. The van der Waals surface area contributed by atoms with Gasteiger partial charge in [-0.1, -0.05) is 186 Å². The van der Waals surface area contributed by atoms with Crippen LogP contribution in [0.1, 0.15) is 213 Å². The number of allylic oxidation sites excluding steroid dienone is 4. The third kappa shape index (κ3) is 41.2. The summed E-state index contributed by atoms with van der Waals surface area (Å²) in [6.45, 7) is 3.67. The molecule has 0 rings (SSSR count). The van der Waals surface area contributed by atoms with Crippen molar-refractivity contribution >= 4 is 19.8 Å². The summed E-state index contributed by atoms with van der Waals surface area (Å²) in [5.41, 5.74) is 0. The Kier molecular flexibility index (Phi) is 37.2. The number of phosphoric acid groups is 1. The van der Waals surface area contributed by atoms with E-state index in [0.29, 0.717) is 6.42 Å². The van der Waals surface area contributed by atoms with Crippen LogP contribution in [-0.2, 0) is 28.2 Å². The number of rotatable bonds is 39. The van der Waals surface area contributed by atoms with Crippen LogP contribution in [0.25, 0.3) is 0 Å². The average molecular weight is 743 g/mol. The van der Waals surface area contributed by atoms with Crippen molar-refractivity contribution < 1.29 is 37.9 Å². The van der Waals surface area contributed by atoms with E-state index in [0.717, 1.165) is 38.5 Å². The highest BCUT2D eigenvalue weighted by Crippen LogP contribution is 2.36. The van der Waals surface area contributed by atoms with Crippen molar-refractivity contribution in [3.05, 3.63) is 24.3 Å². The minimum absolute atomic E-state index is 0.151. The first-order valence-corrected chi connectivity index (χ1v) is 22.7. The lowest BCUT2D eigenvalue weighted by Gasteiger charge is -2.18. The third-order valence-electron chi connectivity index (χ3n) is 9.22. The number of phosphoric ester groups is 1. The number of ether oxygens (including phenoxy) is 2. The molecule has 8 nitrogen and oxygen atoms in total. The van der Waals surface area contributed by atoms with Crippen LogP contribution in [0.4, 0.5) is 0 Å². The Morgan fingerprint density at radius 1 is 0.510 bits per heavy atom. The molecule has 0 aromatic carbocycles. The van der Waals surface area contributed by atoms with Crippen LogP contribution in [0.5, 0.6) is 0 Å². The predicted molar refractivity (Wildman–Crippen MR) is 212 cm³/mol. The smallest absolute Gasteiger partial charge is 0.462 e. The van der Waals surface area contributed by atoms with Gasteiger partial charge in [0.1, 0.15) is 6.61 Å². The molecule has 0 heterocycles. The minimum atomic E-state index is -4.76. The Hall–Kier alpha value is -1.47. The van der Waals surface area contributed by atoms with Gasteiger partial charge in [-0.05, 0) is 38.5 Å².